The van der Waals surface area contributed by atoms with Gasteiger partial charge in [-0.3, -0.25) is 0 Å². The van der Waals surface area contributed by atoms with Crippen LogP contribution in [-0.2, 0) is 6.42 Å². The highest BCUT2D eigenvalue weighted by atomic mass is 19.1. The Balaban J connectivity index is 1.88. The van der Waals surface area contributed by atoms with E-state index < -0.39 is 11.6 Å². The summed E-state index contributed by atoms with van der Waals surface area (Å²) in [6.07, 6.45) is 2.12. The van der Waals surface area contributed by atoms with E-state index >= 15 is 0 Å². The number of benzene rings is 1. The van der Waals surface area contributed by atoms with E-state index in [-0.39, 0.29) is 0 Å². The van der Waals surface area contributed by atoms with Crippen molar-refractivity contribution in [3.05, 3.63) is 53.7 Å². The maximum Gasteiger partial charge on any atom is 0.137 e. The van der Waals surface area contributed by atoms with Crippen LogP contribution in [0.4, 0.5) is 14.6 Å². The smallest absolute Gasteiger partial charge is 0.137 e. The van der Waals surface area contributed by atoms with Crippen molar-refractivity contribution in [3.8, 4) is 5.75 Å². The summed E-state index contributed by atoms with van der Waals surface area (Å²) in [5.74, 6) is 0.255. The molecule has 0 unspecified atom stereocenters. The summed E-state index contributed by atoms with van der Waals surface area (Å²) in [7, 11) is 1.57. The van der Waals surface area contributed by atoms with Crippen molar-refractivity contribution in [1.82, 2.24) is 4.98 Å². The first-order chi connectivity index (χ1) is 9.17. The van der Waals surface area contributed by atoms with Crippen LogP contribution in [-0.4, -0.2) is 18.6 Å². The molecule has 1 heterocycles. The third-order valence-electron chi connectivity index (χ3n) is 2.61. The molecule has 19 heavy (non-hydrogen) atoms. The molecule has 0 spiro atoms. The zero-order valence-electron chi connectivity index (χ0n) is 10.5. The van der Waals surface area contributed by atoms with Crippen molar-refractivity contribution < 1.29 is 13.5 Å². The molecular weight excluding hydrogens is 250 g/mol. The Morgan fingerprint density at radius 1 is 1.16 bits per heavy atom. The molecule has 0 bridgehead atoms. The number of hydrogen-bond donors (Lipinski definition) is 1. The highest BCUT2D eigenvalue weighted by Gasteiger charge is 2.01. The lowest BCUT2D eigenvalue weighted by atomic mass is 10.1. The van der Waals surface area contributed by atoms with Crippen LogP contribution in [0.2, 0.25) is 0 Å². The minimum Gasteiger partial charge on any atom is -0.495 e. The lowest BCUT2D eigenvalue weighted by Gasteiger charge is -2.06. The number of hydrogen-bond acceptors (Lipinski definition) is 3. The molecule has 0 aliphatic rings. The molecule has 2 rings (SSSR count). The molecular formula is C14H14F2N2O. The predicted octanol–water partition coefficient (Wildman–Crippen LogP) is 3.02. The van der Waals surface area contributed by atoms with Gasteiger partial charge < -0.3 is 10.1 Å². The number of ether oxygens (including phenoxy) is 1. The first-order valence-electron chi connectivity index (χ1n) is 5.86. The standard InChI is InChI=1S/C14H14F2N2O/c1-19-13-2-3-14(18-9-13)17-5-4-10-6-11(15)8-12(16)7-10/h2-3,6-9H,4-5H2,1H3,(H,17,18). The number of rotatable bonds is 5. The zero-order chi connectivity index (χ0) is 13.7. The average Bonchev–Trinajstić information content (AvgIpc) is 2.38. The Bertz CT molecular complexity index is 523. The van der Waals surface area contributed by atoms with E-state index in [2.05, 4.69) is 10.3 Å². The van der Waals surface area contributed by atoms with Gasteiger partial charge in [-0.05, 0) is 36.2 Å². The van der Waals surface area contributed by atoms with Gasteiger partial charge in [0.25, 0.3) is 0 Å². The normalized spacial score (nSPS) is 10.3. The SMILES string of the molecule is COc1ccc(NCCc2cc(F)cc(F)c2)nc1. The fourth-order valence-corrected chi connectivity index (χ4v) is 1.70. The summed E-state index contributed by atoms with van der Waals surface area (Å²) >= 11 is 0. The van der Waals surface area contributed by atoms with Crippen LogP contribution in [0.1, 0.15) is 5.56 Å². The van der Waals surface area contributed by atoms with Crippen molar-refractivity contribution in [3.63, 3.8) is 0 Å². The molecule has 0 aliphatic heterocycles. The number of methoxy groups -OCH3 is 1. The van der Waals surface area contributed by atoms with Crippen molar-refractivity contribution in [2.45, 2.75) is 6.42 Å². The number of nitrogens with zero attached hydrogens (tertiary/aromatic N) is 1. The van der Waals surface area contributed by atoms with Crippen LogP contribution in [0.5, 0.6) is 5.75 Å². The number of aromatic nitrogens is 1. The fourth-order valence-electron chi connectivity index (χ4n) is 1.70. The Hall–Kier alpha value is -2.17. The maximum absolute atomic E-state index is 13.0. The molecule has 0 radical (unpaired) electrons. The van der Waals surface area contributed by atoms with Crippen LogP contribution < -0.4 is 10.1 Å². The lowest BCUT2D eigenvalue weighted by Crippen LogP contribution is -2.06. The summed E-state index contributed by atoms with van der Waals surface area (Å²) in [4.78, 5) is 4.13. The first kappa shape index (κ1) is 13.3. The Morgan fingerprint density at radius 2 is 1.89 bits per heavy atom. The van der Waals surface area contributed by atoms with Gasteiger partial charge in [-0.1, -0.05) is 0 Å². The van der Waals surface area contributed by atoms with Gasteiger partial charge in [-0.15, -0.1) is 0 Å². The summed E-state index contributed by atoms with van der Waals surface area (Å²) in [5.41, 5.74) is 0.610. The minimum atomic E-state index is -0.558. The largest absolute Gasteiger partial charge is 0.495 e. The van der Waals surface area contributed by atoms with Crippen LogP contribution in [0.3, 0.4) is 0 Å². The molecule has 0 saturated heterocycles. The van der Waals surface area contributed by atoms with Crippen LogP contribution >= 0.6 is 0 Å². The predicted molar refractivity (Wildman–Crippen MR) is 69.3 cm³/mol. The van der Waals surface area contributed by atoms with Crippen molar-refractivity contribution in [2.24, 2.45) is 0 Å². The van der Waals surface area contributed by atoms with Gasteiger partial charge in [-0.2, -0.15) is 0 Å². The third-order valence-corrected chi connectivity index (χ3v) is 2.61. The summed E-state index contributed by atoms with van der Waals surface area (Å²) in [5, 5.41) is 3.07. The second kappa shape index (κ2) is 6.13. The average molecular weight is 264 g/mol. The second-order valence-corrected chi connectivity index (χ2v) is 4.04. The highest BCUT2D eigenvalue weighted by Crippen LogP contribution is 2.12. The zero-order valence-corrected chi connectivity index (χ0v) is 10.5. The molecule has 1 aromatic heterocycles. The van der Waals surface area contributed by atoms with Crippen LogP contribution in [0.25, 0.3) is 0 Å². The molecule has 0 atom stereocenters. The summed E-state index contributed by atoms with van der Waals surface area (Å²) in [6, 6.07) is 7.09. The van der Waals surface area contributed by atoms with Crippen molar-refractivity contribution in [1.29, 1.82) is 0 Å². The topological polar surface area (TPSA) is 34.1 Å². The fraction of sp³-hybridized carbons (Fsp3) is 0.214. The number of anilines is 1. The van der Waals surface area contributed by atoms with E-state index in [0.717, 1.165) is 6.07 Å². The molecule has 2 aromatic rings. The molecule has 1 aromatic carbocycles. The van der Waals surface area contributed by atoms with E-state index in [1.807, 2.05) is 0 Å². The minimum absolute atomic E-state index is 0.516. The highest BCUT2D eigenvalue weighted by molar-refractivity contribution is 5.37. The van der Waals surface area contributed by atoms with E-state index in [1.165, 1.54) is 12.1 Å². The monoisotopic (exact) mass is 264 g/mol. The van der Waals surface area contributed by atoms with Gasteiger partial charge in [-0.25, -0.2) is 13.8 Å². The molecule has 100 valence electrons. The Morgan fingerprint density at radius 3 is 2.47 bits per heavy atom. The molecule has 0 aliphatic carbocycles. The van der Waals surface area contributed by atoms with Crippen molar-refractivity contribution in [2.75, 3.05) is 19.0 Å². The van der Waals surface area contributed by atoms with Gasteiger partial charge in [0.2, 0.25) is 0 Å². The molecule has 0 saturated carbocycles. The third kappa shape index (κ3) is 3.91. The van der Waals surface area contributed by atoms with Gasteiger partial charge in [0.15, 0.2) is 0 Å². The number of pyridine rings is 1. The van der Waals surface area contributed by atoms with Crippen LogP contribution in [0, 0.1) is 11.6 Å². The first-order valence-corrected chi connectivity index (χ1v) is 5.86. The quantitative estimate of drug-likeness (QED) is 0.901. The number of nitrogens with one attached hydrogen (secondary N) is 1. The molecule has 5 heteroatoms. The van der Waals surface area contributed by atoms with Gasteiger partial charge in [0, 0.05) is 12.6 Å². The van der Waals surface area contributed by atoms with E-state index in [0.29, 0.717) is 30.1 Å². The van der Waals surface area contributed by atoms with Gasteiger partial charge in [0.1, 0.15) is 23.2 Å². The summed E-state index contributed by atoms with van der Waals surface area (Å²) < 4.78 is 30.9. The number of halogens is 2. The lowest BCUT2D eigenvalue weighted by molar-refractivity contribution is 0.413. The Kier molecular flexibility index (Phi) is 4.28. The van der Waals surface area contributed by atoms with Gasteiger partial charge >= 0.3 is 0 Å². The molecule has 1 N–H and O–H groups in total. The van der Waals surface area contributed by atoms with E-state index in [9.17, 15) is 8.78 Å². The second-order valence-electron chi connectivity index (χ2n) is 4.04. The molecule has 0 fully saturated rings. The molecule has 3 nitrogen and oxygen atoms in total. The molecule has 0 amide bonds. The maximum atomic E-state index is 13.0. The van der Waals surface area contributed by atoms with Gasteiger partial charge in [0.05, 0.1) is 13.3 Å². The van der Waals surface area contributed by atoms with Crippen molar-refractivity contribution >= 4 is 5.82 Å². The Labute approximate surface area is 110 Å². The van der Waals surface area contributed by atoms with E-state index in [1.54, 1.807) is 25.4 Å². The summed E-state index contributed by atoms with van der Waals surface area (Å²) in [6.45, 7) is 0.544. The van der Waals surface area contributed by atoms with Crippen LogP contribution in [0.15, 0.2) is 36.5 Å². The van der Waals surface area contributed by atoms with E-state index in [4.69, 9.17) is 4.74 Å².